The Morgan fingerprint density at radius 2 is 1.61 bits per heavy atom. The van der Waals surface area contributed by atoms with E-state index in [1.807, 2.05) is 12.1 Å². The van der Waals surface area contributed by atoms with Crippen molar-refractivity contribution in [1.82, 2.24) is 9.21 Å². The van der Waals surface area contributed by atoms with Gasteiger partial charge in [0.2, 0.25) is 10.0 Å². The summed E-state index contributed by atoms with van der Waals surface area (Å²) in [5.74, 6) is 0.882. The molecular formula is C19H19BrN2O5S. The Labute approximate surface area is 172 Å². The highest BCUT2D eigenvalue weighted by molar-refractivity contribution is 9.10. The summed E-state index contributed by atoms with van der Waals surface area (Å²) in [6, 6.07) is 11.9. The largest absolute Gasteiger partial charge is 0.486 e. The molecule has 0 radical (unpaired) electrons. The Bertz CT molecular complexity index is 1000. The summed E-state index contributed by atoms with van der Waals surface area (Å²) in [4.78, 5) is 14.6. The summed E-state index contributed by atoms with van der Waals surface area (Å²) < 4.78 is 39.1. The van der Waals surface area contributed by atoms with Gasteiger partial charge in [-0.1, -0.05) is 12.1 Å². The van der Waals surface area contributed by atoms with Gasteiger partial charge in [-0.25, -0.2) is 8.42 Å². The van der Waals surface area contributed by atoms with Gasteiger partial charge in [0.1, 0.15) is 13.2 Å². The van der Waals surface area contributed by atoms with Crippen molar-refractivity contribution < 1.29 is 22.7 Å². The van der Waals surface area contributed by atoms with E-state index in [1.165, 1.54) is 16.4 Å². The number of carbonyl (C=O) groups is 1. The van der Waals surface area contributed by atoms with Crippen LogP contribution in [0.2, 0.25) is 0 Å². The first-order valence-electron chi connectivity index (χ1n) is 8.90. The smallest absolute Gasteiger partial charge is 0.255 e. The molecule has 0 aliphatic carbocycles. The first-order chi connectivity index (χ1) is 13.5. The molecule has 28 heavy (non-hydrogen) atoms. The highest BCUT2D eigenvalue weighted by Gasteiger charge is 2.31. The molecule has 1 fully saturated rings. The Morgan fingerprint density at radius 1 is 0.929 bits per heavy atom. The third-order valence-electron chi connectivity index (χ3n) is 4.78. The molecule has 4 rings (SSSR count). The standard InChI is InChI=1S/C19H19BrN2O5S/c20-16-4-2-1-3-15(16)19(23)21-7-9-22(10-8-21)28(24,25)14-5-6-17-18(13-14)27-12-11-26-17/h1-6,13H,7-12H2. The van der Waals surface area contributed by atoms with E-state index in [0.29, 0.717) is 43.4 Å². The Kier molecular flexibility index (Phi) is 5.31. The van der Waals surface area contributed by atoms with Crippen molar-refractivity contribution in [2.24, 2.45) is 0 Å². The first-order valence-corrected chi connectivity index (χ1v) is 11.1. The van der Waals surface area contributed by atoms with E-state index in [1.54, 1.807) is 23.1 Å². The second-order valence-electron chi connectivity index (χ2n) is 6.48. The normalized spacial score (nSPS) is 17.4. The highest BCUT2D eigenvalue weighted by Crippen LogP contribution is 2.33. The molecular weight excluding hydrogens is 448 g/mol. The second-order valence-corrected chi connectivity index (χ2v) is 9.27. The average Bonchev–Trinajstić information content (AvgIpc) is 2.73. The molecule has 9 heteroatoms. The van der Waals surface area contributed by atoms with E-state index in [4.69, 9.17) is 9.47 Å². The Hall–Kier alpha value is -2.10. The number of halogens is 1. The van der Waals surface area contributed by atoms with E-state index in [2.05, 4.69) is 15.9 Å². The molecule has 1 amide bonds. The maximum absolute atomic E-state index is 13.0. The number of hydrogen-bond acceptors (Lipinski definition) is 5. The Balaban J connectivity index is 1.47. The summed E-state index contributed by atoms with van der Waals surface area (Å²) in [7, 11) is -3.67. The van der Waals surface area contributed by atoms with E-state index >= 15 is 0 Å². The molecule has 0 atom stereocenters. The van der Waals surface area contributed by atoms with Crippen molar-refractivity contribution in [1.29, 1.82) is 0 Å². The van der Waals surface area contributed by atoms with E-state index in [9.17, 15) is 13.2 Å². The van der Waals surface area contributed by atoms with Crippen LogP contribution < -0.4 is 9.47 Å². The second kappa shape index (κ2) is 7.73. The maximum atomic E-state index is 13.0. The average molecular weight is 467 g/mol. The van der Waals surface area contributed by atoms with Gasteiger partial charge in [0.25, 0.3) is 5.91 Å². The van der Waals surface area contributed by atoms with Crippen LogP contribution >= 0.6 is 15.9 Å². The van der Waals surface area contributed by atoms with Gasteiger partial charge in [0.15, 0.2) is 11.5 Å². The summed E-state index contributed by atoms with van der Waals surface area (Å²) >= 11 is 3.39. The molecule has 7 nitrogen and oxygen atoms in total. The SMILES string of the molecule is O=C(c1ccccc1Br)N1CCN(S(=O)(=O)c2ccc3c(c2)OCCO3)CC1. The van der Waals surface area contributed by atoms with Crippen LogP contribution in [0.1, 0.15) is 10.4 Å². The third kappa shape index (κ3) is 3.61. The fourth-order valence-corrected chi connectivity index (χ4v) is 5.16. The van der Waals surface area contributed by atoms with E-state index in [0.717, 1.165) is 4.47 Å². The lowest BCUT2D eigenvalue weighted by molar-refractivity contribution is 0.0697. The quantitative estimate of drug-likeness (QED) is 0.693. The van der Waals surface area contributed by atoms with Crippen molar-refractivity contribution in [3.8, 4) is 11.5 Å². The Morgan fingerprint density at radius 3 is 2.32 bits per heavy atom. The van der Waals surface area contributed by atoms with Crippen molar-refractivity contribution in [3.05, 3.63) is 52.5 Å². The predicted molar refractivity (Wildman–Crippen MR) is 106 cm³/mol. The van der Waals surface area contributed by atoms with Gasteiger partial charge in [0.05, 0.1) is 10.5 Å². The number of sulfonamides is 1. The lowest BCUT2D eigenvalue weighted by Gasteiger charge is -2.34. The van der Waals surface area contributed by atoms with Crippen LogP contribution in [0.25, 0.3) is 0 Å². The molecule has 2 aromatic rings. The zero-order chi connectivity index (χ0) is 19.7. The van der Waals surface area contributed by atoms with Gasteiger partial charge >= 0.3 is 0 Å². The lowest BCUT2D eigenvalue weighted by Crippen LogP contribution is -2.50. The first kappa shape index (κ1) is 19.2. The zero-order valence-corrected chi connectivity index (χ0v) is 17.4. The highest BCUT2D eigenvalue weighted by atomic mass is 79.9. The topological polar surface area (TPSA) is 76.2 Å². The van der Waals surface area contributed by atoms with Crippen LogP contribution in [0, 0.1) is 0 Å². The minimum absolute atomic E-state index is 0.108. The molecule has 1 saturated heterocycles. The fourth-order valence-electron chi connectivity index (χ4n) is 3.27. The fraction of sp³-hybridized carbons (Fsp3) is 0.316. The molecule has 0 saturated carbocycles. The molecule has 148 valence electrons. The van der Waals surface area contributed by atoms with Crippen LogP contribution in [-0.4, -0.2) is 62.9 Å². The van der Waals surface area contributed by atoms with E-state index < -0.39 is 10.0 Å². The van der Waals surface area contributed by atoms with Gasteiger partial charge in [0, 0.05) is 36.7 Å². The minimum atomic E-state index is -3.67. The number of carbonyl (C=O) groups excluding carboxylic acids is 1. The van der Waals surface area contributed by atoms with Crippen molar-refractivity contribution in [2.45, 2.75) is 4.90 Å². The predicted octanol–water partition coefficient (Wildman–Crippen LogP) is 2.37. The third-order valence-corrected chi connectivity index (χ3v) is 7.37. The number of amides is 1. The minimum Gasteiger partial charge on any atom is -0.486 e. The number of fused-ring (bicyclic) bond motifs is 1. The molecule has 0 spiro atoms. The molecule has 0 unspecified atom stereocenters. The molecule has 2 aliphatic heterocycles. The van der Waals surface area contributed by atoms with Gasteiger partial charge in [-0.15, -0.1) is 0 Å². The number of piperazine rings is 1. The van der Waals surface area contributed by atoms with Gasteiger partial charge in [-0.05, 0) is 40.2 Å². The van der Waals surface area contributed by atoms with Crippen LogP contribution in [0.4, 0.5) is 0 Å². The summed E-state index contributed by atoms with van der Waals surface area (Å²) in [6.07, 6.45) is 0. The van der Waals surface area contributed by atoms with Crippen molar-refractivity contribution in [3.63, 3.8) is 0 Å². The van der Waals surface area contributed by atoms with Crippen LogP contribution in [-0.2, 0) is 10.0 Å². The van der Waals surface area contributed by atoms with Crippen LogP contribution in [0.5, 0.6) is 11.5 Å². The van der Waals surface area contributed by atoms with Crippen molar-refractivity contribution in [2.75, 3.05) is 39.4 Å². The molecule has 2 heterocycles. The van der Waals surface area contributed by atoms with Crippen LogP contribution in [0.15, 0.2) is 51.8 Å². The van der Waals surface area contributed by atoms with Crippen molar-refractivity contribution >= 4 is 31.9 Å². The number of ether oxygens (including phenoxy) is 2. The van der Waals surface area contributed by atoms with Gasteiger partial charge < -0.3 is 14.4 Å². The number of hydrogen-bond donors (Lipinski definition) is 0. The monoisotopic (exact) mass is 466 g/mol. The van der Waals surface area contributed by atoms with Gasteiger partial charge in [-0.2, -0.15) is 4.31 Å². The summed E-state index contributed by atoms with van der Waals surface area (Å²) in [5.41, 5.74) is 0.575. The number of benzene rings is 2. The van der Waals surface area contributed by atoms with Gasteiger partial charge in [-0.3, -0.25) is 4.79 Å². The summed E-state index contributed by atoms with van der Waals surface area (Å²) in [6.45, 7) is 2.01. The number of rotatable bonds is 3. The molecule has 2 aliphatic rings. The van der Waals surface area contributed by atoms with E-state index in [-0.39, 0.29) is 23.9 Å². The zero-order valence-electron chi connectivity index (χ0n) is 15.0. The lowest BCUT2D eigenvalue weighted by atomic mass is 10.2. The molecule has 0 bridgehead atoms. The summed E-state index contributed by atoms with van der Waals surface area (Å²) in [5, 5.41) is 0. The molecule has 2 aromatic carbocycles. The number of nitrogens with zero attached hydrogens (tertiary/aromatic N) is 2. The maximum Gasteiger partial charge on any atom is 0.255 e. The molecule has 0 aromatic heterocycles. The molecule has 0 N–H and O–H groups in total. The van der Waals surface area contributed by atoms with Crippen LogP contribution in [0.3, 0.4) is 0 Å².